The Balaban J connectivity index is 4.00. The Morgan fingerprint density at radius 2 is 0.811 bits per heavy atom. The molecule has 0 saturated carbocycles. The fourth-order valence-electron chi connectivity index (χ4n) is 3.57. The summed E-state index contributed by atoms with van der Waals surface area (Å²) in [6, 6.07) is 0. The molecular weight excluding hydrogens is 933 g/mol. The first kappa shape index (κ1) is 49.9. The van der Waals surface area contributed by atoms with E-state index in [4.69, 9.17) is 32.2 Å². The van der Waals surface area contributed by atoms with Crippen molar-refractivity contribution in [1.29, 1.82) is 0 Å². The Bertz CT molecular complexity index is 2150. The summed E-state index contributed by atoms with van der Waals surface area (Å²) in [4.78, 5) is 0. The summed E-state index contributed by atoms with van der Waals surface area (Å²) in [7, 11) is -48.3. The number of ether oxygens (including phenoxy) is 2. The van der Waals surface area contributed by atoms with Crippen LogP contribution in [0.2, 0.25) is 0 Å². The third-order valence-corrected chi connectivity index (χ3v) is 8.68. The highest BCUT2D eigenvalue weighted by Gasteiger charge is 2.51. The van der Waals surface area contributed by atoms with Gasteiger partial charge in [0.15, 0.2) is 12.4 Å². The fourth-order valence-corrected chi connectivity index (χ4v) is 7.33. The Hall–Kier alpha value is -1.12. The molecule has 8 N–H and O–H groups in total. The smallest absolute Gasteiger partial charge is 0.347 e. The van der Waals surface area contributed by atoms with E-state index >= 15 is 0 Å². The molecule has 0 aromatic carbocycles. The van der Waals surface area contributed by atoms with E-state index in [2.05, 4.69) is 33.5 Å². The Kier molecular flexibility index (Phi) is 16.9. The van der Waals surface area contributed by atoms with Gasteiger partial charge in [0.25, 0.3) is 0 Å². The second kappa shape index (κ2) is 18.0. The van der Waals surface area contributed by atoms with Crippen molar-refractivity contribution in [2.75, 3.05) is 19.8 Å². The van der Waals surface area contributed by atoms with Gasteiger partial charge in [0.1, 0.15) is 36.6 Å². The van der Waals surface area contributed by atoms with Crippen LogP contribution in [-0.2, 0) is 126 Å². The van der Waals surface area contributed by atoms with Crippen LogP contribution in [0.25, 0.3) is 0 Å². The molecule has 1 aliphatic rings. The van der Waals surface area contributed by atoms with Crippen LogP contribution < -0.4 is 0 Å². The maximum absolute atomic E-state index is 11.7. The lowest BCUT2D eigenvalue weighted by Gasteiger charge is -2.39. The van der Waals surface area contributed by atoms with Gasteiger partial charge >= 0.3 is 83.2 Å². The van der Waals surface area contributed by atoms with E-state index in [0.29, 0.717) is 0 Å². The van der Waals surface area contributed by atoms with E-state index in [1.54, 1.807) is 0 Å². The zero-order chi connectivity index (χ0) is 41.8. The van der Waals surface area contributed by atoms with Gasteiger partial charge in [-0.1, -0.05) is 0 Å². The molecule has 0 aromatic rings. The number of rotatable bonds is 23. The molecule has 1 saturated heterocycles. The fraction of sp³-hybridized carbons (Fsp3) is 1.00. The predicted octanol–water partition coefficient (Wildman–Crippen LogP) is -6.51. The molecule has 0 aliphatic carbocycles. The van der Waals surface area contributed by atoms with Crippen molar-refractivity contribution >= 4 is 83.2 Å². The largest absolute Gasteiger partial charge is 0.397 e. The Morgan fingerprint density at radius 1 is 0.453 bits per heavy atom. The second-order valence-electron chi connectivity index (χ2n) is 8.89. The van der Waals surface area contributed by atoms with Crippen molar-refractivity contribution in [3.63, 3.8) is 0 Å². The van der Waals surface area contributed by atoms with Gasteiger partial charge in [0.2, 0.25) is 0 Å². The van der Waals surface area contributed by atoms with Gasteiger partial charge in [-0.05, 0) is 0 Å². The third-order valence-electron chi connectivity index (χ3n) is 4.91. The van der Waals surface area contributed by atoms with Crippen molar-refractivity contribution in [1.82, 2.24) is 0 Å². The lowest BCUT2D eigenvalue weighted by molar-refractivity contribution is -0.263. The van der Waals surface area contributed by atoms with Crippen molar-refractivity contribution in [3.05, 3.63) is 0 Å². The normalized spacial score (nSPS) is 23.9. The minimum absolute atomic E-state index is 1.52. The average molecular weight is 955 g/mol. The summed E-state index contributed by atoms with van der Waals surface area (Å²) in [6.07, 6.45) is -25.6. The summed E-state index contributed by atoms with van der Waals surface area (Å²) < 4.78 is 297. The zero-order valence-electron chi connectivity index (χ0n) is 24.2. The van der Waals surface area contributed by atoms with Gasteiger partial charge in [-0.25, -0.2) is 33.5 Å². The molecule has 318 valence electrons. The molecule has 8 atom stereocenters. The summed E-state index contributed by atoms with van der Waals surface area (Å²) in [5, 5.41) is 0. The first-order chi connectivity index (χ1) is 23.2. The molecule has 53 heavy (non-hydrogen) atoms. The molecule has 1 aliphatic heterocycles. The van der Waals surface area contributed by atoms with E-state index in [1.165, 1.54) is 0 Å². The molecule has 1 heterocycles. The lowest BCUT2D eigenvalue weighted by Crippen LogP contribution is -2.59. The first-order valence-electron chi connectivity index (χ1n) is 11.7. The molecule has 0 aromatic heterocycles. The van der Waals surface area contributed by atoms with Crippen LogP contribution in [0.15, 0.2) is 0 Å². The second-order valence-corrected chi connectivity index (χ2v) is 17.3. The first-order valence-corrected chi connectivity index (χ1v) is 22.6. The number of hydrogen-bond acceptors (Lipinski definition) is 26. The van der Waals surface area contributed by atoms with Crippen molar-refractivity contribution in [2.24, 2.45) is 0 Å². The molecule has 0 amide bonds. The van der Waals surface area contributed by atoms with Crippen LogP contribution in [-0.4, -0.2) is 173 Å². The van der Waals surface area contributed by atoms with Crippen LogP contribution in [0.5, 0.6) is 0 Å². The molecule has 42 heteroatoms. The van der Waals surface area contributed by atoms with E-state index in [-0.39, 0.29) is 0 Å². The van der Waals surface area contributed by atoms with Crippen LogP contribution in [0.3, 0.4) is 0 Å². The van der Waals surface area contributed by atoms with E-state index in [1.807, 2.05) is 0 Å². The predicted molar refractivity (Wildman–Crippen MR) is 148 cm³/mol. The minimum atomic E-state index is -6.30. The van der Waals surface area contributed by atoms with E-state index in [9.17, 15) is 81.0 Å². The van der Waals surface area contributed by atoms with Crippen LogP contribution in [0.4, 0.5) is 0 Å². The lowest BCUT2D eigenvalue weighted by atomic mass is 10.0. The molecule has 34 nitrogen and oxygen atoms in total. The molecule has 0 bridgehead atoms. The average Bonchev–Trinajstić information content (AvgIpc) is 2.84. The topological polar surface area (TPSA) is 527 Å². The Morgan fingerprint density at radius 3 is 1.15 bits per heavy atom. The van der Waals surface area contributed by atoms with Gasteiger partial charge in [0, 0.05) is 0 Å². The summed E-state index contributed by atoms with van der Waals surface area (Å²) in [6.45, 7) is -5.85. The molecule has 0 unspecified atom stereocenters. The van der Waals surface area contributed by atoms with Crippen molar-refractivity contribution < 1.29 is 147 Å². The standard InChI is InChI=1S/C11H22O34S8/c12-46(13,14)38-3-6(41-49(21,22)23)8(43-51(27,28)29)7(42-50(24,25)26)4(39-47(15,16)17)1-36-11-10(45-53(33,34)35)9(44-52(30,31)32)5(2-37-11)40-48(18,19)20/h4-11H,1-3H2,(H,12,13,14)(H,15,16,17)(H,18,19,20)(H,21,22,23)(H,24,25,26)(H,27,28,29)(H,30,31,32)(H,33,34,35)/t4-,5+,6-,7-,8-,9-,10-,11+/m0/s1. The molecule has 0 spiro atoms. The van der Waals surface area contributed by atoms with Gasteiger partial charge in [-0.3, -0.25) is 36.4 Å². The molecular formula is C11H22O34S8. The summed E-state index contributed by atoms with van der Waals surface area (Å²) in [5.74, 6) is 0. The van der Waals surface area contributed by atoms with E-state index < -0.39 is 152 Å². The quantitative estimate of drug-likeness (QED) is 0.0441. The monoisotopic (exact) mass is 954 g/mol. The third kappa shape index (κ3) is 22.3. The van der Waals surface area contributed by atoms with Gasteiger partial charge in [-0.15, -0.1) is 0 Å². The molecule has 1 fully saturated rings. The maximum atomic E-state index is 11.7. The maximum Gasteiger partial charge on any atom is 0.397 e. The van der Waals surface area contributed by atoms with Gasteiger partial charge in [0.05, 0.1) is 19.8 Å². The zero-order valence-corrected chi connectivity index (χ0v) is 30.7. The van der Waals surface area contributed by atoms with Crippen molar-refractivity contribution in [2.45, 2.75) is 49.0 Å². The minimum Gasteiger partial charge on any atom is -0.347 e. The van der Waals surface area contributed by atoms with Crippen LogP contribution >= 0.6 is 0 Å². The highest BCUT2D eigenvalue weighted by molar-refractivity contribution is 7.82. The molecule has 1 rings (SSSR count). The number of hydrogen-bond donors (Lipinski definition) is 8. The highest BCUT2D eigenvalue weighted by atomic mass is 32.3. The summed E-state index contributed by atoms with van der Waals surface area (Å²) >= 11 is 0. The Labute approximate surface area is 297 Å². The summed E-state index contributed by atoms with van der Waals surface area (Å²) in [5.41, 5.74) is 0. The SMILES string of the molecule is O=S(=O)(O)OC[C@H](OS(=O)(=O)O)[C@H](OS(=O)(=O)O)[C@@H](OS(=O)(=O)O)[C@H](CO[C@@H]1OC[C@@H](OS(=O)(=O)O)[C@H](OS(=O)(=O)O)[C@@H]1OS(=O)(=O)O)OS(=O)(=O)O. The van der Waals surface area contributed by atoms with Gasteiger partial charge in [-0.2, -0.15) is 67.3 Å². The molecule has 0 radical (unpaired) electrons. The van der Waals surface area contributed by atoms with Crippen molar-refractivity contribution in [3.8, 4) is 0 Å². The van der Waals surface area contributed by atoms with Crippen LogP contribution in [0.1, 0.15) is 0 Å². The van der Waals surface area contributed by atoms with Gasteiger partial charge < -0.3 is 9.47 Å². The van der Waals surface area contributed by atoms with Crippen LogP contribution in [0, 0.1) is 0 Å². The highest BCUT2D eigenvalue weighted by Crippen LogP contribution is 2.30. The van der Waals surface area contributed by atoms with E-state index in [0.717, 1.165) is 0 Å².